The van der Waals surface area contributed by atoms with E-state index in [1.54, 1.807) is 13.1 Å². The molecule has 30 heavy (non-hydrogen) atoms. The average Bonchev–Trinajstić information content (AvgIpc) is 2.75. The number of hydrogen-bond donors (Lipinski definition) is 3. The summed E-state index contributed by atoms with van der Waals surface area (Å²) < 4.78 is 16.9. The van der Waals surface area contributed by atoms with Crippen molar-refractivity contribution < 1.29 is 24.1 Å². The molecule has 3 rings (SSSR count). The number of nitrogens with zero attached hydrogens (tertiary/aromatic N) is 1. The molecule has 1 fully saturated rings. The van der Waals surface area contributed by atoms with Crippen LogP contribution in [0.2, 0.25) is 0 Å². The van der Waals surface area contributed by atoms with E-state index in [9.17, 15) is 9.90 Å². The molecule has 2 atom stereocenters. The van der Waals surface area contributed by atoms with Gasteiger partial charge in [0.15, 0.2) is 11.5 Å². The van der Waals surface area contributed by atoms with Gasteiger partial charge in [0.05, 0.1) is 17.8 Å². The van der Waals surface area contributed by atoms with E-state index in [2.05, 4.69) is 15.5 Å². The van der Waals surface area contributed by atoms with E-state index in [1.807, 2.05) is 19.9 Å². The molecule has 0 bridgehead atoms. The Morgan fingerprint density at radius 2 is 2.13 bits per heavy atom. The topological polar surface area (TPSA) is 92.3 Å². The second-order valence-corrected chi connectivity index (χ2v) is 8.20. The van der Waals surface area contributed by atoms with Crippen LogP contribution < -0.4 is 20.1 Å². The minimum atomic E-state index is -0.456. The molecule has 1 amide bonds. The number of nitrogens with one attached hydrogen (secondary N) is 2. The van der Waals surface area contributed by atoms with Crippen molar-refractivity contribution >= 4 is 11.6 Å². The number of β-amino-alcohol motifs (C(OH)–C–C–N with tert-alkyl or cyclic N) is 1. The van der Waals surface area contributed by atoms with Gasteiger partial charge >= 0.3 is 0 Å². The number of fused-ring (bicyclic) bond motifs is 1. The van der Waals surface area contributed by atoms with Gasteiger partial charge in [-0.2, -0.15) is 0 Å². The summed E-state index contributed by atoms with van der Waals surface area (Å²) in [7, 11) is 1.80. The number of carbonyl (C=O) groups excluding carboxylic acids is 1. The Hall–Kier alpha value is -2.03. The van der Waals surface area contributed by atoms with Crippen molar-refractivity contribution in [3.63, 3.8) is 0 Å². The van der Waals surface area contributed by atoms with Crippen LogP contribution in [-0.2, 0) is 4.74 Å². The van der Waals surface area contributed by atoms with Crippen molar-refractivity contribution in [1.29, 1.82) is 0 Å². The third kappa shape index (κ3) is 6.00. The number of aliphatic hydroxyl groups is 1. The summed E-state index contributed by atoms with van der Waals surface area (Å²) in [5, 5.41) is 16.6. The van der Waals surface area contributed by atoms with Gasteiger partial charge in [-0.25, -0.2) is 0 Å². The third-order valence-electron chi connectivity index (χ3n) is 5.58. The Labute approximate surface area is 178 Å². The average molecular weight is 422 g/mol. The highest BCUT2D eigenvalue weighted by Crippen LogP contribution is 2.37. The Kier molecular flexibility index (Phi) is 8.18. The summed E-state index contributed by atoms with van der Waals surface area (Å²) in [6.07, 6.45) is 1.60. The lowest BCUT2D eigenvalue weighted by Gasteiger charge is -2.36. The third-order valence-corrected chi connectivity index (χ3v) is 5.58. The van der Waals surface area contributed by atoms with Crippen molar-refractivity contribution in [2.45, 2.75) is 38.9 Å². The molecule has 2 heterocycles. The van der Waals surface area contributed by atoms with Crippen molar-refractivity contribution in [2.24, 2.45) is 5.92 Å². The van der Waals surface area contributed by atoms with E-state index >= 15 is 0 Å². The van der Waals surface area contributed by atoms with Crippen molar-refractivity contribution in [1.82, 2.24) is 10.2 Å². The lowest BCUT2D eigenvalue weighted by Crippen LogP contribution is -2.48. The number of amides is 1. The summed E-state index contributed by atoms with van der Waals surface area (Å²) in [5.41, 5.74) is 1.24. The lowest BCUT2D eigenvalue weighted by atomic mass is 9.93. The first-order chi connectivity index (χ1) is 14.5. The zero-order chi connectivity index (χ0) is 21.5. The first-order valence-electron chi connectivity index (χ1n) is 10.9. The summed E-state index contributed by atoms with van der Waals surface area (Å²) in [5.74, 6) is 0.886. The van der Waals surface area contributed by atoms with Gasteiger partial charge in [-0.05, 0) is 39.3 Å². The molecule has 2 aliphatic rings. The van der Waals surface area contributed by atoms with Gasteiger partial charge in [0.2, 0.25) is 0 Å². The number of rotatable bonds is 9. The Morgan fingerprint density at radius 1 is 1.33 bits per heavy atom. The first kappa shape index (κ1) is 22.7. The molecule has 0 spiro atoms. The normalized spacial score (nSPS) is 21.5. The highest BCUT2D eigenvalue weighted by molar-refractivity contribution is 5.99. The van der Waals surface area contributed by atoms with Gasteiger partial charge in [-0.1, -0.05) is 0 Å². The van der Waals surface area contributed by atoms with Crippen LogP contribution in [0.3, 0.4) is 0 Å². The molecular formula is C22H35N3O5. The Bertz CT molecular complexity index is 712. The lowest BCUT2D eigenvalue weighted by molar-refractivity contribution is 0.0145. The highest BCUT2D eigenvalue weighted by Gasteiger charge is 2.29. The second-order valence-electron chi connectivity index (χ2n) is 8.20. The number of hydrogen-bond acceptors (Lipinski definition) is 7. The van der Waals surface area contributed by atoms with Gasteiger partial charge in [-0.15, -0.1) is 0 Å². The number of anilines is 1. The number of benzene rings is 1. The summed E-state index contributed by atoms with van der Waals surface area (Å²) in [6, 6.07) is 3.60. The van der Waals surface area contributed by atoms with Crippen LogP contribution in [0.1, 0.15) is 37.0 Å². The SMILES string of the molecule is CNc1cc2c(c(C(=O)NC[C@@H]3CCN(CCCOC(C)C)C[C@H]3O)c1)OCCO2. The van der Waals surface area contributed by atoms with E-state index in [4.69, 9.17) is 14.2 Å². The molecule has 0 saturated carbocycles. The predicted octanol–water partition coefficient (Wildman–Crippen LogP) is 1.73. The largest absolute Gasteiger partial charge is 0.486 e. The monoisotopic (exact) mass is 421 g/mol. The zero-order valence-electron chi connectivity index (χ0n) is 18.3. The van der Waals surface area contributed by atoms with Crippen LogP contribution in [0.5, 0.6) is 11.5 Å². The zero-order valence-corrected chi connectivity index (χ0v) is 18.3. The van der Waals surface area contributed by atoms with E-state index in [0.29, 0.717) is 43.4 Å². The molecule has 0 radical (unpaired) electrons. The summed E-state index contributed by atoms with van der Waals surface area (Å²) in [4.78, 5) is 15.1. The van der Waals surface area contributed by atoms with E-state index in [0.717, 1.165) is 38.2 Å². The van der Waals surface area contributed by atoms with E-state index < -0.39 is 6.10 Å². The Morgan fingerprint density at radius 3 is 2.87 bits per heavy atom. The van der Waals surface area contributed by atoms with Crippen LogP contribution in [0.25, 0.3) is 0 Å². The van der Waals surface area contributed by atoms with Gasteiger partial charge < -0.3 is 34.9 Å². The summed E-state index contributed by atoms with van der Waals surface area (Å²) in [6.45, 7) is 8.60. The molecule has 2 aliphatic heterocycles. The van der Waals surface area contributed by atoms with Crippen LogP contribution in [-0.4, -0.2) is 81.2 Å². The molecule has 1 aromatic carbocycles. The fourth-order valence-electron chi connectivity index (χ4n) is 3.88. The predicted molar refractivity (Wildman–Crippen MR) is 116 cm³/mol. The standard InChI is InChI=1S/C22H35N3O5/c1-15(2)28-8-4-6-25-7-5-16(19(26)14-25)13-24-22(27)18-11-17(23-3)12-20-21(18)30-10-9-29-20/h11-12,15-16,19,23,26H,4-10,13-14H2,1-3H3,(H,24,27)/t16-,19+/m0/s1. The highest BCUT2D eigenvalue weighted by atomic mass is 16.6. The molecule has 8 heteroatoms. The second kappa shape index (κ2) is 10.8. The van der Waals surface area contributed by atoms with Crippen LogP contribution >= 0.6 is 0 Å². The molecule has 168 valence electrons. The fourth-order valence-corrected chi connectivity index (χ4v) is 3.88. The number of ether oxygens (including phenoxy) is 3. The molecule has 3 N–H and O–H groups in total. The van der Waals surface area contributed by atoms with Crippen LogP contribution in [0, 0.1) is 5.92 Å². The van der Waals surface area contributed by atoms with E-state index in [-0.39, 0.29) is 17.9 Å². The smallest absolute Gasteiger partial charge is 0.255 e. The van der Waals surface area contributed by atoms with Gasteiger partial charge in [0.25, 0.3) is 5.91 Å². The molecule has 0 unspecified atom stereocenters. The molecule has 0 aromatic heterocycles. The van der Waals surface area contributed by atoms with Gasteiger partial charge in [-0.3, -0.25) is 4.79 Å². The van der Waals surface area contributed by atoms with Crippen molar-refractivity contribution in [3.8, 4) is 11.5 Å². The van der Waals surface area contributed by atoms with Gasteiger partial charge in [0.1, 0.15) is 13.2 Å². The minimum Gasteiger partial charge on any atom is -0.486 e. The molecule has 0 aliphatic carbocycles. The molecular weight excluding hydrogens is 386 g/mol. The Balaban J connectivity index is 1.50. The number of carbonyl (C=O) groups is 1. The van der Waals surface area contributed by atoms with Crippen LogP contribution in [0.15, 0.2) is 12.1 Å². The number of aliphatic hydroxyl groups excluding tert-OH is 1. The maximum absolute atomic E-state index is 12.8. The molecule has 1 saturated heterocycles. The number of likely N-dealkylation sites (tertiary alicyclic amines) is 1. The molecule has 8 nitrogen and oxygen atoms in total. The van der Waals surface area contributed by atoms with Crippen molar-refractivity contribution in [2.75, 3.05) is 58.4 Å². The van der Waals surface area contributed by atoms with Gasteiger partial charge in [0, 0.05) is 51.0 Å². The molecule has 1 aromatic rings. The number of piperidine rings is 1. The quantitative estimate of drug-likeness (QED) is 0.523. The van der Waals surface area contributed by atoms with E-state index in [1.165, 1.54) is 0 Å². The van der Waals surface area contributed by atoms with Crippen LogP contribution in [0.4, 0.5) is 5.69 Å². The summed E-state index contributed by atoms with van der Waals surface area (Å²) >= 11 is 0. The minimum absolute atomic E-state index is 0.0394. The first-order valence-corrected chi connectivity index (χ1v) is 10.9. The maximum atomic E-state index is 12.8. The maximum Gasteiger partial charge on any atom is 0.255 e. The van der Waals surface area contributed by atoms with Crippen molar-refractivity contribution in [3.05, 3.63) is 17.7 Å². The fraction of sp³-hybridized carbons (Fsp3) is 0.682.